The topological polar surface area (TPSA) is 70.3 Å². The van der Waals surface area contributed by atoms with Gasteiger partial charge in [0.2, 0.25) is 5.88 Å². The first-order valence-corrected chi connectivity index (χ1v) is 4.58. The van der Waals surface area contributed by atoms with E-state index in [1.165, 1.54) is 6.07 Å². The molecule has 2 rings (SSSR count). The zero-order valence-corrected chi connectivity index (χ0v) is 8.36. The molecule has 0 aromatic carbocycles. The van der Waals surface area contributed by atoms with E-state index in [1.807, 2.05) is 6.92 Å². The Labute approximate surface area is 86.4 Å². The third-order valence-electron chi connectivity index (χ3n) is 2.16. The highest BCUT2D eigenvalue weighted by Crippen LogP contribution is 2.27. The van der Waals surface area contributed by atoms with Crippen LogP contribution in [0.25, 0.3) is 0 Å². The van der Waals surface area contributed by atoms with E-state index in [0.29, 0.717) is 19.8 Å². The van der Waals surface area contributed by atoms with Gasteiger partial charge in [-0.05, 0) is 0 Å². The van der Waals surface area contributed by atoms with Crippen molar-refractivity contribution in [1.82, 2.24) is 9.97 Å². The van der Waals surface area contributed by atoms with Gasteiger partial charge in [-0.25, -0.2) is 0 Å². The van der Waals surface area contributed by atoms with Crippen molar-refractivity contribution >= 4 is 5.82 Å². The van der Waals surface area contributed by atoms with Gasteiger partial charge in [0.25, 0.3) is 0 Å². The number of aromatic nitrogens is 2. The molecule has 1 aromatic heterocycles. The Kier molecular flexibility index (Phi) is 2.44. The van der Waals surface area contributed by atoms with Gasteiger partial charge < -0.3 is 15.2 Å². The van der Waals surface area contributed by atoms with Crippen molar-refractivity contribution < 1.29 is 13.9 Å². The standard InChI is InChI=1S/C9H12FN3O2/c1-9(3-14-4-9)5-15-7-2-6(11)12-8(10)13-7/h2H,3-5H2,1H3,(H2,11,12,13). The molecule has 0 saturated carbocycles. The summed E-state index contributed by atoms with van der Waals surface area (Å²) in [6, 6.07) is 1.39. The first kappa shape index (κ1) is 10.1. The Bertz CT molecular complexity index is 348. The summed E-state index contributed by atoms with van der Waals surface area (Å²) in [7, 11) is 0. The van der Waals surface area contributed by atoms with Crippen molar-refractivity contribution in [1.29, 1.82) is 0 Å². The molecule has 0 radical (unpaired) electrons. The Morgan fingerprint density at radius 2 is 2.33 bits per heavy atom. The Morgan fingerprint density at radius 3 is 2.87 bits per heavy atom. The van der Waals surface area contributed by atoms with Crippen LogP contribution in [0, 0.1) is 11.5 Å². The summed E-state index contributed by atoms with van der Waals surface area (Å²) in [5.74, 6) is 0.223. The molecule has 1 aliphatic heterocycles. The summed E-state index contributed by atoms with van der Waals surface area (Å²) in [5, 5.41) is 0. The molecule has 2 heterocycles. The van der Waals surface area contributed by atoms with Gasteiger partial charge in [0.05, 0.1) is 19.8 Å². The minimum absolute atomic E-state index is 0.00378. The highest BCUT2D eigenvalue weighted by Gasteiger charge is 2.34. The minimum atomic E-state index is -0.875. The quantitative estimate of drug-likeness (QED) is 0.745. The summed E-state index contributed by atoms with van der Waals surface area (Å²) >= 11 is 0. The summed E-state index contributed by atoms with van der Waals surface area (Å²) in [5.41, 5.74) is 5.35. The fourth-order valence-electron chi connectivity index (χ4n) is 1.27. The Hall–Kier alpha value is -1.43. The molecule has 0 unspecified atom stereocenters. The predicted octanol–water partition coefficient (Wildman–Crippen LogP) is 0.613. The molecule has 1 fully saturated rings. The molecule has 1 saturated heterocycles. The van der Waals surface area contributed by atoms with Crippen LogP contribution in [-0.2, 0) is 4.74 Å². The third-order valence-corrected chi connectivity index (χ3v) is 2.16. The van der Waals surface area contributed by atoms with E-state index in [4.69, 9.17) is 15.2 Å². The minimum Gasteiger partial charge on any atom is -0.477 e. The fourth-order valence-corrected chi connectivity index (χ4v) is 1.27. The number of hydrogen-bond donors (Lipinski definition) is 1. The largest absolute Gasteiger partial charge is 0.477 e. The zero-order valence-electron chi connectivity index (χ0n) is 8.36. The van der Waals surface area contributed by atoms with Crippen molar-refractivity contribution in [3.8, 4) is 5.88 Å². The monoisotopic (exact) mass is 213 g/mol. The first-order valence-electron chi connectivity index (χ1n) is 4.58. The molecule has 82 valence electrons. The van der Waals surface area contributed by atoms with Gasteiger partial charge in [0, 0.05) is 11.5 Å². The van der Waals surface area contributed by atoms with Crippen molar-refractivity contribution in [3.05, 3.63) is 12.1 Å². The molecule has 5 nitrogen and oxygen atoms in total. The summed E-state index contributed by atoms with van der Waals surface area (Å²) in [4.78, 5) is 6.78. The van der Waals surface area contributed by atoms with Crippen LogP contribution in [0.4, 0.5) is 10.2 Å². The molecule has 0 aliphatic carbocycles. The van der Waals surface area contributed by atoms with Crippen LogP contribution in [0.15, 0.2) is 6.07 Å². The molecule has 0 amide bonds. The van der Waals surface area contributed by atoms with E-state index in [-0.39, 0.29) is 17.1 Å². The first-order chi connectivity index (χ1) is 7.07. The highest BCUT2D eigenvalue weighted by atomic mass is 19.1. The second kappa shape index (κ2) is 3.62. The average Bonchev–Trinajstić information content (AvgIpc) is 2.10. The number of hydrogen-bond acceptors (Lipinski definition) is 5. The van der Waals surface area contributed by atoms with Crippen molar-refractivity contribution in [2.24, 2.45) is 5.41 Å². The molecule has 0 atom stereocenters. The van der Waals surface area contributed by atoms with Gasteiger partial charge in [-0.2, -0.15) is 14.4 Å². The predicted molar refractivity (Wildman–Crippen MR) is 50.8 cm³/mol. The van der Waals surface area contributed by atoms with Gasteiger partial charge in [0.1, 0.15) is 5.82 Å². The lowest BCUT2D eigenvalue weighted by molar-refractivity contribution is -0.120. The number of nitrogens with zero attached hydrogens (tertiary/aromatic N) is 2. The summed E-state index contributed by atoms with van der Waals surface area (Å²) in [6.45, 7) is 3.76. The Morgan fingerprint density at radius 1 is 1.60 bits per heavy atom. The van der Waals surface area contributed by atoms with Crippen LogP contribution in [0.3, 0.4) is 0 Å². The van der Waals surface area contributed by atoms with Gasteiger partial charge >= 0.3 is 6.08 Å². The van der Waals surface area contributed by atoms with Crippen molar-refractivity contribution in [3.63, 3.8) is 0 Å². The number of nitrogen functional groups attached to an aromatic ring is 1. The van der Waals surface area contributed by atoms with Crippen LogP contribution in [0.5, 0.6) is 5.88 Å². The summed E-state index contributed by atoms with van der Waals surface area (Å²) in [6.07, 6.45) is -0.875. The molecule has 0 spiro atoms. The van der Waals surface area contributed by atoms with Gasteiger partial charge in [0.15, 0.2) is 0 Å². The van der Waals surface area contributed by atoms with E-state index >= 15 is 0 Å². The van der Waals surface area contributed by atoms with Crippen LogP contribution in [0.2, 0.25) is 0 Å². The molecule has 1 aromatic rings. The van der Waals surface area contributed by atoms with E-state index < -0.39 is 6.08 Å². The molecule has 1 aliphatic rings. The highest BCUT2D eigenvalue weighted by molar-refractivity contribution is 5.31. The molecule has 0 bridgehead atoms. The zero-order chi connectivity index (χ0) is 10.9. The third kappa shape index (κ3) is 2.33. The number of rotatable bonds is 3. The fraction of sp³-hybridized carbons (Fsp3) is 0.556. The second-order valence-electron chi connectivity index (χ2n) is 3.99. The number of nitrogens with two attached hydrogens (primary N) is 1. The van der Waals surface area contributed by atoms with Crippen LogP contribution >= 0.6 is 0 Å². The van der Waals surface area contributed by atoms with Gasteiger partial charge in [-0.1, -0.05) is 6.92 Å². The number of ether oxygens (including phenoxy) is 2. The molecular weight excluding hydrogens is 201 g/mol. The molecule has 2 N–H and O–H groups in total. The normalized spacial score (nSPS) is 18.3. The van der Waals surface area contributed by atoms with E-state index in [2.05, 4.69) is 9.97 Å². The van der Waals surface area contributed by atoms with Crippen molar-refractivity contribution in [2.45, 2.75) is 6.92 Å². The maximum absolute atomic E-state index is 12.7. The van der Waals surface area contributed by atoms with Crippen molar-refractivity contribution in [2.75, 3.05) is 25.6 Å². The van der Waals surface area contributed by atoms with Crippen LogP contribution in [0.1, 0.15) is 6.92 Å². The van der Waals surface area contributed by atoms with Gasteiger partial charge in [-0.3, -0.25) is 0 Å². The lowest BCUT2D eigenvalue weighted by Crippen LogP contribution is -2.44. The number of anilines is 1. The second-order valence-corrected chi connectivity index (χ2v) is 3.99. The van der Waals surface area contributed by atoms with E-state index in [1.54, 1.807) is 0 Å². The molecular formula is C9H12FN3O2. The lowest BCUT2D eigenvalue weighted by Gasteiger charge is -2.37. The number of halogens is 1. The maximum Gasteiger partial charge on any atom is 0.313 e. The van der Waals surface area contributed by atoms with Crippen LogP contribution < -0.4 is 10.5 Å². The smallest absolute Gasteiger partial charge is 0.313 e. The lowest BCUT2D eigenvalue weighted by atomic mass is 9.90. The van der Waals surface area contributed by atoms with E-state index in [0.717, 1.165) is 0 Å². The molecule has 6 heteroatoms. The molecule has 15 heavy (non-hydrogen) atoms. The SMILES string of the molecule is CC1(COc2cc(N)nc(F)n2)COC1. The maximum atomic E-state index is 12.7. The Balaban J connectivity index is 1.98. The van der Waals surface area contributed by atoms with Gasteiger partial charge in [-0.15, -0.1) is 0 Å². The average molecular weight is 213 g/mol. The summed E-state index contributed by atoms with van der Waals surface area (Å²) < 4.78 is 23.1. The van der Waals surface area contributed by atoms with Crippen LogP contribution in [-0.4, -0.2) is 29.8 Å². The van der Waals surface area contributed by atoms with E-state index in [9.17, 15) is 4.39 Å².